The number of carbonyl (C=O) groups excluding carboxylic acids is 1. The average Bonchev–Trinajstić information content (AvgIpc) is 2.35. The Morgan fingerprint density at radius 1 is 1.35 bits per heavy atom. The molecule has 4 nitrogen and oxygen atoms in total. The minimum Gasteiger partial charge on any atom is -0.369 e. The molecule has 0 saturated heterocycles. The second-order valence-corrected chi connectivity index (χ2v) is 5.23. The molecule has 0 spiro atoms. The van der Waals surface area contributed by atoms with E-state index < -0.39 is 0 Å². The summed E-state index contributed by atoms with van der Waals surface area (Å²) in [7, 11) is 0. The molecule has 1 amide bonds. The van der Waals surface area contributed by atoms with Gasteiger partial charge in [-0.15, -0.1) is 0 Å². The maximum Gasteiger partial charge on any atom is 0.221 e. The lowest BCUT2D eigenvalue weighted by molar-refractivity contribution is -0.122. The number of hydrogen-bond donors (Lipinski definition) is 2. The van der Waals surface area contributed by atoms with Gasteiger partial charge >= 0.3 is 0 Å². The number of nitrogens with zero attached hydrogens (tertiary/aromatic N) is 1. The van der Waals surface area contributed by atoms with Gasteiger partial charge in [-0.05, 0) is 32.4 Å². The van der Waals surface area contributed by atoms with E-state index in [1.807, 2.05) is 6.92 Å². The van der Waals surface area contributed by atoms with Crippen molar-refractivity contribution < 1.29 is 4.79 Å². The van der Waals surface area contributed by atoms with Gasteiger partial charge in [-0.3, -0.25) is 9.69 Å². The summed E-state index contributed by atoms with van der Waals surface area (Å²) in [6.07, 6.45) is 7.50. The summed E-state index contributed by atoms with van der Waals surface area (Å²) in [5.41, 5.74) is 10.9. The SMILES string of the molecule is CC(CN(CCCN)C1CCCCC1)C(N)=O. The zero-order valence-corrected chi connectivity index (χ0v) is 11.0. The van der Waals surface area contributed by atoms with Crippen LogP contribution in [0, 0.1) is 5.92 Å². The fraction of sp³-hybridized carbons (Fsp3) is 0.923. The number of nitrogens with two attached hydrogens (primary N) is 2. The van der Waals surface area contributed by atoms with Crippen molar-refractivity contribution in [1.82, 2.24) is 4.90 Å². The number of rotatable bonds is 7. The van der Waals surface area contributed by atoms with Crippen LogP contribution >= 0.6 is 0 Å². The Bertz CT molecular complexity index is 227. The molecule has 0 aliphatic heterocycles. The van der Waals surface area contributed by atoms with Crippen molar-refractivity contribution in [3.05, 3.63) is 0 Å². The average molecular weight is 241 g/mol. The van der Waals surface area contributed by atoms with Crippen molar-refractivity contribution >= 4 is 5.91 Å². The molecule has 4 N–H and O–H groups in total. The van der Waals surface area contributed by atoms with E-state index in [2.05, 4.69) is 4.90 Å². The Balaban J connectivity index is 2.48. The first-order chi connectivity index (χ1) is 8.15. The number of primary amides is 1. The highest BCUT2D eigenvalue weighted by Crippen LogP contribution is 2.23. The lowest BCUT2D eigenvalue weighted by Gasteiger charge is -2.35. The van der Waals surface area contributed by atoms with Crippen LogP contribution in [0.5, 0.6) is 0 Å². The lowest BCUT2D eigenvalue weighted by atomic mass is 9.93. The van der Waals surface area contributed by atoms with Crippen LogP contribution in [-0.2, 0) is 4.79 Å². The Hall–Kier alpha value is -0.610. The van der Waals surface area contributed by atoms with E-state index in [4.69, 9.17) is 11.5 Å². The summed E-state index contributed by atoms with van der Waals surface area (Å²) in [6, 6.07) is 0.636. The van der Waals surface area contributed by atoms with Gasteiger partial charge in [0.2, 0.25) is 5.91 Å². The standard InChI is InChI=1S/C13H27N3O/c1-11(13(15)17)10-16(9-5-8-14)12-6-3-2-4-7-12/h11-12H,2-10,14H2,1H3,(H2,15,17). The molecular weight excluding hydrogens is 214 g/mol. The van der Waals surface area contributed by atoms with Crippen LogP contribution in [0.4, 0.5) is 0 Å². The molecule has 1 atom stereocenters. The highest BCUT2D eigenvalue weighted by Gasteiger charge is 2.23. The van der Waals surface area contributed by atoms with Crippen LogP contribution < -0.4 is 11.5 Å². The third-order valence-electron chi connectivity index (χ3n) is 3.73. The Morgan fingerprint density at radius 3 is 2.53 bits per heavy atom. The van der Waals surface area contributed by atoms with E-state index in [-0.39, 0.29) is 11.8 Å². The first-order valence-corrected chi connectivity index (χ1v) is 6.88. The van der Waals surface area contributed by atoms with Crippen LogP contribution in [0.25, 0.3) is 0 Å². The summed E-state index contributed by atoms with van der Waals surface area (Å²) in [4.78, 5) is 13.6. The molecule has 1 fully saturated rings. The van der Waals surface area contributed by atoms with E-state index in [9.17, 15) is 4.79 Å². The van der Waals surface area contributed by atoms with Gasteiger partial charge in [0.1, 0.15) is 0 Å². The van der Waals surface area contributed by atoms with E-state index in [0.29, 0.717) is 12.6 Å². The van der Waals surface area contributed by atoms with Crippen molar-refractivity contribution in [2.45, 2.75) is 51.5 Å². The molecule has 0 radical (unpaired) electrons. The second kappa shape index (κ2) is 7.67. The van der Waals surface area contributed by atoms with Crippen LogP contribution in [0.3, 0.4) is 0 Å². The van der Waals surface area contributed by atoms with Crippen molar-refractivity contribution in [3.63, 3.8) is 0 Å². The lowest BCUT2D eigenvalue weighted by Crippen LogP contribution is -2.43. The summed E-state index contributed by atoms with van der Waals surface area (Å²) in [6.45, 7) is 4.42. The van der Waals surface area contributed by atoms with Gasteiger partial charge in [0, 0.05) is 18.5 Å². The van der Waals surface area contributed by atoms with Crippen molar-refractivity contribution in [2.24, 2.45) is 17.4 Å². The smallest absolute Gasteiger partial charge is 0.221 e. The minimum atomic E-state index is -0.196. The Kier molecular flexibility index (Phi) is 6.52. The quantitative estimate of drug-likeness (QED) is 0.701. The molecule has 0 aromatic carbocycles. The molecule has 1 aliphatic rings. The molecule has 0 aromatic rings. The number of amides is 1. The van der Waals surface area contributed by atoms with Gasteiger partial charge in [0.15, 0.2) is 0 Å². The fourth-order valence-electron chi connectivity index (χ4n) is 2.61. The molecule has 1 saturated carbocycles. The van der Waals surface area contributed by atoms with Crippen LogP contribution in [-0.4, -0.2) is 36.5 Å². The molecular formula is C13H27N3O. The predicted molar refractivity (Wildman–Crippen MR) is 70.5 cm³/mol. The minimum absolute atomic E-state index is 0.0605. The van der Waals surface area contributed by atoms with Gasteiger partial charge in [-0.1, -0.05) is 26.2 Å². The van der Waals surface area contributed by atoms with Gasteiger partial charge in [0.25, 0.3) is 0 Å². The van der Waals surface area contributed by atoms with E-state index >= 15 is 0 Å². The zero-order valence-electron chi connectivity index (χ0n) is 11.0. The number of carbonyl (C=O) groups is 1. The second-order valence-electron chi connectivity index (χ2n) is 5.23. The molecule has 1 unspecified atom stereocenters. The summed E-state index contributed by atoms with van der Waals surface area (Å²) in [5.74, 6) is -0.256. The molecule has 4 heteroatoms. The predicted octanol–water partition coefficient (Wildman–Crippen LogP) is 1.09. The van der Waals surface area contributed by atoms with Crippen molar-refractivity contribution in [3.8, 4) is 0 Å². The number of hydrogen-bond acceptors (Lipinski definition) is 3. The fourth-order valence-corrected chi connectivity index (χ4v) is 2.61. The van der Waals surface area contributed by atoms with Crippen LogP contribution in [0.15, 0.2) is 0 Å². The summed E-state index contributed by atoms with van der Waals surface area (Å²) >= 11 is 0. The van der Waals surface area contributed by atoms with Crippen molar-refractivity contribution in [1.29, 1.82) is 0 Å². The van der Waals surface area contributed by atoms with E-state index in [1.165, 1.54) is 32.1 Å². The third kappa shape index (κ3) is 5.04. The largest absolute Gasteiger partial charge is 0.369 e. The highest BCUT2D eigenvalue weighted by atomic mass is 16.1. The highest BCUT2D eigenvalue weighted by molar-refractivity contribution is 5.76. The topological polar surface area (TPSA) is 72.3 Å². The van der Waals surface area contributed by atoms with Gasteiger partial charge < -0.3 is 11.5 Å². The maximum atomic E-state index is 11.2. The molecule has 0 aromatic heterocycles. The Labute approximate surface area is 105 Å². The molecule has 0 bridgehead atoms. The van der Waals surface area contributed by atoms with Gasteiger partial charge in [-0.2, -0.15) is 0 Å². The molecule has 1 aliphatic carbocycles. The van der Waals surface area contributed by atoms with Crippen molar-refractivity contribution in [2.75, 3.05) is 19.6 Å². The zero-order chi connectivity index (χ0) is 12.7. The monoisotopic (exact) mass is 241 g/mol. The summed E-state index contributed by atoms with van der Waals surface area (Å²) in [5, 5.41) is 0. The maximum absolute atomic E-state index is 11.2. The Morgan fingerprint density at radius 2 is 2.00 bits per heavy atom. The van der Waals surface area contributed by atoms with E-state index in [1.54, 1.807) is 0 Å². The van der Waals surface area contributed by atoms with E-state index in [0.717, 1.165) is 19.5 Å². The molecule has 100 valence electrons. The molecule has 1 rings (SSSR count). The van der Waals surface area contributed by atoms with Gasteiger partial charge in [0.05, 0.1) is 0 Å². The molecule has 0 heterocycles. The van der Waals surface area contributed by atoms with Gasteiger partial charge in [-0.25, -0.2) is 0 Å². The summed E-state index contributed by atoms with van der Waals surface area (Å²) < 4.78 is 0. The normalized spacial score (nSPS) is 19.5. The first-order valence-electron chi connectivity index (χ1n) is 6.88. The van der Waals surface area contributed by atoms with Crippen LogP contribution in [0.2, 0.25) is 0 Å². The molecule has 17 heavy (non-hydrogen) atoms. The third-order valence-corrected chi connectivity index (χ3v) is 3.73. The van der Waals surface area contributed by atoms with Crippen LogP contribution in [0.1, 0.15) is 45.4 Å². The first kappa shape index (κ1) is 14.5.